The van der Waals surface area contributed by atoms with E-state index in [4.69, 9.17) is 4.52 Å². The molecule has 0 saturated heterocycles. The molecule has 0 aromatic carbocycles. The van der Waals surface area contributed by atoms with Crippen molar-refractivity contribution in [1.82, 2.24) is 9.88 Å². The van der Waals surface area contributed by atoms with Crippen LogP contribution in [-0.4, -0.2) is 31.2 Å². The van der Waals surface area contributed by atoms with Gasteiger partial charge in [0, 0.05) is 12.6 Å². The second kappa shape index (κ2) is 5.53. The summed E-state index contributed by atoms with van der Waals surface area (Å²) in [6.07, 6.45) is 2.65. The molecule has 1 aromatic heterocycles. The molecular formula is C12H18N2O5S. The van der Waals surface area contributed by atoms with E-state index in [0.717, 1.165) is 12.8 Å². The van der Waals surface area contributed by atoms with Crippen molar-refractivity contribution in [3.63, 3.8) is 0 Å². The van der Waals surface area contributed by atoms with Crippen molar-refractivity contribution >= 4 is 16.0 Å². The Morgan fingerprint density at radius 2 is 2.15 bits per heavy atom. The van der Waals surface area contributed by atoms with Gasteiger partial charge in [0.1, 0.15) is 17.2 Å². The van der Waals surface area contributed by atoms with Crippen LogP contribution in [0.3, 0.4) is 0 Å². The van der Waals surface area contributed by atoms with Crippen LogP contribution >= 0.6 is 0 Å². The van der Waals surface area contributed by atoms with E-state index >= 15 is 0 Å². The number of hydrogen-bond acceptors (Lipinski definition) is 5. The van der Waals surface area contributed by atoms with Crippen molar-refractivity contribution in [3.05, 3.63) is 17.5 Å². The molecule has 1 heterocycles. The van der Waals surface area contributed by atoms with E-state index in [1.165, 1.54) is 0 Å². The first kappa shape index (κ1) is 15.0. The van der Waals surface area contributed by atoms with Crippen LogP contribution in [0.25, 0.3) is 0 Å². The Morgan fingerprint density at radius 3 is 2.65 bits per heavy atom. The third-order valence-electron chi connectivity index (χ3n) is 3.66. The molecule has 20 heavy (non-hydrogen) atoms. The molecule has 112 valence electrons. The highest BCUT2D eigenvalue weighted by molar-refractivity contribution is 7.88. The Kier molecular flexibility index (Phi) is 4.14. The molecule has 0 unspecified atom stereocenters. The van der Waals surface area contributed by atoms with Crippen LogP contribution in [0.5, 0.6) is 0 Å². The highest BCUT2D eigenvalue weighted by atomic mass is 32.2. The van der Waals surface area contributed by atoms with Crippen molar-refractivity contribution in [2.24, 2.45) is 5.41 Å². The summed E-state index contributed by atoms with van der Waals surface area (Å²) in [5.41, 5.74) is -0.655. The average Bonchev–Trinajstić information content (AvgIpc) is 2.96. The summed E-state index contributed by atoms with van der Waals surface area (Å²) in [6, 6.07) is 1.54. The topological polar surface area (TPSA) is 110 Å². The van der Waals surface area contributed by atoms with Gasteiger partial charge in [-0.3, -0.25) is 4.79 Å². The van der Waals surface area contributed by atoms with E-state index < -0.39 is 21.4 Å². The van der Waals surface area contributed by atoms with Crippen LogP contribution in [-0.2, 0) is 20.6 Å². The van der Waals surface area contributed by atoms with Gasteiger partial charge in [-0.25, -0.2) is 13.1 Å². The fraction of sp³-hybridized carbons (Fsp3) is 0.667. The van der Waals surface area contributed by atoms with Crippen LogP contribution in [0.15, 0.2) is 10.6 Å². The standard InChI is InChI=1S/C12H18N2O5S/c1-9-6-10(14-19-9)7-20(17,18)13-8-12(11(15)16)4-2-3-5-12/h6,13H,2-5,7-8H2,1H3,(H,15,16). The maximum Gasteiger partial charge on any atom is 0.310 e. The molecule has 7 nitrogen and oxygen atoms in total. The Bertz CT molecular complexity index is 587. The lowest BCUT2D eigenvalue weighted by molar-refractivity contribution is -0.148. The minimum Gasteiger partial charge on any atom is -0.481 e. The first-order chi connectivity index (χ1) is 9.33. The molecule has 0 amide bonds. The maximum atomic E-state index is 11.9. The fourth-order valence-electron chi connectivity index (χ4n) is 2.50. The molecule has 1 aromatic rings. The van der Waals surface area contributed by atoms with Gasteiger partial charge in [-0.05, 0) is 19.8 Å². The quantitative estimate of drug-likeness (QED) is 0.812. The number of aliphatic carboxylic acids is 1. The van der Waals surface area contributed by atoms with E-state index in [0.29, 0.717) is 24.3 Å². The number of carbonyl (C=O) groups is 1. The summed E-state index contributed by atoms with van der Waals surface area (Å²) < 4.78 is 31.1. The Hall–Kier alpha value is -1.41. The van der Waals surface area contributed by atoms with Gasteiger partial charge < -0.3 is 9.63 Å². The molecule has 1 aliphatic carbocycles. The van der Waals surface area contributed by atoms with Crippen LogP contribution in [0.4, 0.5) is 0 Å². The largest absolute Gasteiger partial charge is 0.481 e. The maximum absolute atomic E-state index is 11.9. The van der Waals surface area contributed by atoms with Crippen molar-refractivity contribution in [1.29, 1.82) is 0 Å². The zero-order valence-corrected chi connectivity index (χ0v) is 12.1. The van der Waals surface area contributed by atoms with Gasteiger partial charge in [-0.15, -0.1) is 0 Å². The van der Waals surface area contributed by atoms with E-state index in [2.05, 4.69) is 9.88 Å². The van der Waals surface area contributed by atoms with Crippen molar-refractivity contribution in [2.45, 2.75) is 38.4 Å². The van der Waals surface area contributed by atoms with Crippen LogP contribution in [0, 0.1) is 12.3 Å². The molecule has 2 rings (SSSR count). The number of nitrogens with one attached hydrogen (secondary N) is 1. The van der Waals surface area contributed by atoms with Crippen LogP contribution in [0.2, 0.25) is 0 Å². The number of carboxylic acids is 1. The Morgan fingerprint density at radius 1 is 1.50 bits per heavy atom. The highest BCUT2D eigenvalue weighted by Gasteiger charge is 2.41. The molecule has 0 bridgehead atoms. The lowest BCUT2D eigenvalue weighted by Crippen LogP contribution is -2.41. The summed E-state index contributed by atoms with van der Waals surface area (Å²) in [6.45, 7) is 1.61. The lowest BCUT2D eigenvalue weighted by atomic mass is 9.87. The van der Waals surface area contributed by atoms with Crippen molar-refractivity contribution < 1.29 is 22.8 Å². The van der Waals surface area contributed by atoms with E-state index in [9.17, 15) is 18.3 Å². The number of aryl methyl sites for hydroxylation is 1. The second-order valence-electron chi connectivity index (χ2n) is 5.30. The minimum absolute atomic E-state index is 0.0680. The third-order valence-corrected chi connectivity index (χ3v) is 4.92. The summed E-state index contributed by atoms with van der Waals surface area (Å²) in [4.78, 5) is 11.3. The van der Waals surface area contributed by atoms with Gasteiger partial charge in [0.05, 0.1) is 5.41 Å². The summed E-state index contributed by atoms with van der Waals surface area (Å²) in [5, 5.41) is 12.9. The Balaban J connectivity index is 2.00. The van der Waals surface area contributed by atoms with Gasteiger partial charge in [0.25, 0.3) is 0 Å². The van der Waals surface area contributed by atoms with Gasteiger partial charge in [-0.1, -0.05) is 18.0 Å². The number of carboxylic acid groups (broad SMARTS) is 1. The number of sulfonamides is 1. The second-order valence-corrected chi connectivity index (χ2v) is 7.11. The van der Waals surface area contributed by atoms with Crippen LogP contribution < -0.4 is 4.72 Å². The smallest absolute Gasteiger partial charge is 0.310 e. The van der Waals surface area contributed by atoms with Crippen molar-refractivity contribution in [2.75, 3.05) is 6.54 Å². The first-order valence-corrected chi connectivity index (χ1v) is 8.11. The number of rotatable bonds is 6. The molecule has 1 saturated carbocycles. The summed E-state index contributed by atoms with van der Waals surface area (Å²) >= 11 is 0. The number of nitrogens with zero attached hydrogens (tertiary/aromatic N) is 1. The predicted octanol–water partition coefficient (Wildman–Crippen LogP) is 1.05. The molecule has 1 aliphatic rings. The molecule has 0 radical (unpaired) electrons. The first-order valence-electron chi connectivity index (χ1n) is 6.46. The normalized spacial score (nSPS) is 18.2. The van der Waals surface area contributed by atoms with E-state index in [-0.39, 0.29) is 12.3 Å². The lowest BCUT2D eigenvalue weighted by Gasteiger charge is -2.23. The zero-order valence-electron chi connectivity index (χ0n) is 11.3. The average molecular weight is 302 g/mol. The monoisotopic (exact) mass is 302 g/mol. The van der Waals surface area contributed by atoms with Gasteiger partial charge in [0.15, 0.2) is 0 Å². The molecule has 8 heteroatoms. The minimum atomic E-state index is -3.62. The number of aromatic nitrogens is 1. The molecule has 0 atom stereocenters. The number of hydrogen-bond donors (Lipinski definition) is 2. The molecule has 1 fully saturated rings. The molecule has 0 aliphatic heterocycles. The fourth-order valence-corrected chi connectivity index (χ4v) is 3.62. The third kappa shape index (κ3) is 3.37. The zero-order chi connectivity index (χ0) is 14.8. The summed E-state index contributed by atoms with van der Waals surface area (Å²) in [7, 11) is -3.62. The molecular weight excluding hydrogens is 284 g/mol. The van der Waals surface area contributed by atoms with Gasteiger partial charge in [0.2, 0.25) is 10.0 Å². The molecule has 2 N–H and O–H groups in total. The summed E-state index contributed by atoms with van der Waals surface area (Å²) in [5.74, 6) is -0.706. The highest BCUT2D eigenvalue weighted by Crippen LogP contribution is 2.37. The van der Waals surface area contributed by atoms with Crippen LogP contribution in [0.1, 0.15) is 37.1 Å². The van der Waals surface area contributed by atoms with E-state index in [1.807, 2.05) is 0 Å². The van der Waals surface area contributed by atoms with Gasteiger partial charge in [-0.2, -0.15) is 0 Å². The Labute approximate surface area is 117 Å². The SMILES string of the molecule is Cc1cc(CS(=O)(=O)NCC2(C(=O)O)CCCC2)no1. The van der Waals surface area contributed by atoms with Crippen molar-refractivity contribution in [3.8, 4) is 0 Å². The van der Waals surface area contributed by atoms with Gasteiger partial charge >= 0.3 is 5.97 Å². The molecule has 0 spiro atoms. The van der Waals surface area contributed by atoms with E-state index in [1.54, 1.807) is 13.0 Å². The predicted molar refractivity (Wildman–Crippen MR) is 70.4 cm³/mol.